The molecule has 246 valence electrons. The molecule has 1 aromatic heterocycles. The number of hydrogen-bond acceptors (Lipinski definition) is 7. The molecule has 5 rings (SSSR count). The van der Waals surface area contributed by atoms with Crippen molar-refractivity contribution in [3.05, 3.63) is 102 Å². The van der Waals surface area contributed by atoms with Gasteiger partial charge in [-0.05, 0) is 61.4 Å². The lowest BCUT2D eigenvalue weighted by molar-refractivity contribution is -0.132. The van der Waals surface area contributed by atoms with Crippen molar-refractivity contribution in [1.82, 2.24) is 19.5 Å². The van der Waals surface area contributed by atoms with Gasteiger partial charge in [-0.15, -0.1) is 0 Å². The number of ether oxygens (including phenoxy) is 1. The second-order valence-electron chi connectivity index (χ2n) is 12.6. The van der Waals surface area contributed by atoms with Gasteiger partial charge in [-0.25, -0.2) is 17.2 Å². The monoisotopic (exact) mass is 655 g/mol. The van der Waals surface area contributed by atoms with Crippen LogP contribution in [0.3, 0.4) is 0 Å². The van der Waals surface area contributed by atoms with Gasteiger partial charge in [0, 0.05) is 37.8 Å². The van der Waals surface area contributed by atoms with Crippen molar-refractivity contribution in [3.8, 4) is 6.07 Å². The van der Waals surface area contributed by atoms with Gasteiger partial charge < -0.3 is 15.4 Å². The number of aryl methyl sites for hydroxylation is 1. The zero-order valence-corrected chi connectivity index (χ0v) is 27.8. The van der Waals surface area contributed by atoms with Gasteiger partial charge in [0.2, 0.25) is 0 Å². The highest BCUT2D eigenvalue weighted by atomic mass is 32.2. The topological polar surface area (TPSA) is 134 Å². The van der Waals surface area contributed by atoms with E-state index in [4.69, 9.17) is 4.74 Å². The van der Waals surface area contributed by atoms with Gasteiger partial charge in [0.25, 0.3) is 15.9 Å². The molecule has 0 spiro atoms. The van der Waals surface area contributed by atoms with E-state index in [0.717, 1.165) is 22.1 Å². The van der Waals surface area contributed by atoms with Crippen LogP contribution in [0.25, 0.3) is 10.9 Å². The summed E-state index contributed by atoms with van der Waals surface area (Å²) in [6, 6.07) is 25.9. The third-order valence-electron chi connectivity index (χ3n) is 8.53. The molecule has 10 nitrogen and oxygen atoms in total. The molecule has 2 amide bonds. The second kappa shape index (κ2) is 14.4. The van der Waals surface area contributed by atoms with Crippen LogP contribution in [-0.4, -0.2) is 54.0 Å². The number of benzene rings is 3. The summed E-state index contributed by atoms with van der Waals surface area (Å²) in [5.41, 5.74) is 2.22. The molecule has 0 radical (unpaired) electrons. The van der Waals surface area contributed by atoms with Crippen LogP contribution in [0.2, 0.25) is 0 Å². The number of fused-ring (bicyclic) bond motifs is 1. The van der Waals surface area contributed by atoms with E-state index >= 15 is 0 Å². The summed E-state index contributed by atoms with van der Waals surface area (Å²) in [4.78, 5) is 28.4. The Morgan fingerprint density at radius 3 is 2.30 bits per heavy atom. The summed E-state index contributed by atoms with van der Waals surface area (Å²) in [6.07, 6.45) is 0.988. The average Bonchev–Trinajstić information content (AvgIpc) is 3.44. The molecule has 0 bridgehead atoms. The van der Waals surface area contributed by atoms with E-state index < -0.39 is 33.7 Å². The molecule has 1 atom stereocenters. The van der Waals surface area contributed by atoms with Crippen molar-refractivity contribution in [2.45, 2.75) is 69.7 Å². The Bertz CT molecular complexity index is 1860. The van der Waals surface area contributed by atoms with E-state index in [1.165, 1.54) is 3.97 Å². The number of nitrogens with one attached hydrogen (secondary N) is 2. The van der Waals surface area contributed by atoms with Crippen molar-refractivity contribution < 1.29 is 22.7 Å². The first kappa shape index (κ1) is 33.7. The molecule has 47 heavy (non-hydrogen) atoms. The van der Waals surface area contributed by atoms with Crippen LogP contribution in [0.4, 0.5) is 4.79 Å². The number of nitriles is 1. The Hall–Kier alpha value is -4.66. The van der Waals surface area contributed by atoms with Gasteiger partial charge in [0.15, 0.2) is 6.10 Å². The Balaban J connectivity index is 1.24. The number of hydrogen-bond donors (Lipinski definition) is 2. The highest BCUT2D eigenvalue weighted by molar-refractivity contribution is 7.90. The fourth-order valence-electron chi connectivity index (χ4n) is 5.86. The molecular formula is C36H41N5O5S. The number of nitrogens with zero attached hydrogens (tertiary/aromatic N) is 3. The molecule has 1 unspecified atom stereocenters. The Morgan fingerprint density at radius 1 is 0.979 bits per heavy atom. The molecule has 2 N–H and O–H groups in total. The minimum absolute atomic E-state index is 0.0736. The number of carbonyl (C=O) groups is 2. The molecule has 1 fully saturated rings. The van der Waals surface area contributed by atoms with E-state index in [-0.39, 0.29) is 17.4 Å². The second-order valence-corrected chi connectivity index (χ2v) is 14.4. The summed E-state index contributed by atoms with van der Waals surface area (Å²) in [5, 5.41) is 16.7. The maximum atomic E-state index is 13.6. The van der Waals surface area contributed by atoms with Gasteiger partial charge in [-0.1, -0.05) is 80.1 Å². The van der Waals surface area contributed by atoms with Crippen molar-refractivity contribution in [2.24, 2.45) is 5.92 Å². The zero-order chi connectivity index (χ0) is 33.6. The van der Waals surface area contributed by atoms with Crippen molar-refractivity contribution in [1.29, 1.82) is 5.26 Å². The quantitative estimate of drug-likeness (QED) is 0.218. The van der Waals surface area contributed by atoms with Gasteiger partial charge in [-0.3, -0.25) is 9.69 Å². The van der Waals surface area contributed by atoms with E-state index in [2.05, 4.69) is 21.6 Å². The number of rotatable bonds is 11. The number of piperidine rings is 1. The zero-order valence-electron chi connectivity index (χ0n) is 27.0. The summed E-state index contributed by atoms with van der Waals surface area (Å²) >= 11 is 0. The summed E-state index contributed by atoms with van der Waals surface area (Å²) in [5.74, 6) is -0.419. The van der Waals surface area contributed by atoms with Crippen molar-refractivity contribution >= 4 is 32.9 Å². The van der Waals surface area contributed by atoms with E-state index in [0.29, 0.717) is 44.4 Å². The first-order valence-electron chi connectivity index (χ1n) is 15.8. The van der Waals surface area contributed by atoms with Gasteiger partial charge in [0.1, 0.15) is 5.54 Å². The molecule has 11 heteroatoms. The first-order chi connectivity index (χ1) is 22.5. The molecule has 3 aromatic carbocycles. The summed E-state index contributed by atoms with van der Waals surface area (Å²) < 4.78 is 34.1. The number of likely N-dealkylation sites (tertiary alicyclic amines) is 1. The average molecular weight is 656 g/mol. The van der Waals surface area contributed by atoms with Crippen LogP contribution in [0, 0.1) is 24.2 Å². The van der Waals surface area contributed by atoms with E-state index in [9.17, 15) is 23.3 Å². The molecule has 0 saturated carbocycles. The minimum atomic E-state index is -3.81. The minimum Gasteiger partial charge on any atom is -0.436 e. The molecule has 1 aliphatic rings. The van der Waals surface area contributed by atoms with Crippen molar-refractivity contribution in [3.63, 3.8) is 0 Å². The highest BCUT2D eigenvalue weighted by Gasteiger charge is 2.39. The Labute approximate surface area is 276 Å². The summed E-state index contributed by atoms with van der Waals surface area (Å²) in [6.45, 7) is 7.54. The SMILES string of the molecule is Cc1ccc(S(=O)(=O)n2cc(CN3CCC(C#N)(NC(=O)C(CC(C)C)OC(=O)NCc4ccccc4)CC3)c3ccccc32)cc1. The van der Waals surface area contributed by atoms with Gasteiger partial charge in [0.05, 0.1) is 16.5 Å². The van der Waals surface area contributed by atoms with Crippen LogP contribution in [0.5, 0.6) is 0 Å². The maximum absolute atomic E-state index is 13.6. The molecule has 4 aromatic rings. The van der Waals surface area contributed by atoms with Crippen LogP contribution in [-0.2, 0) is 32.6 Å². The van der Waals surface area contributed by atoms with Gasteiger partial charge in [-0.2, -0.15) is 5.26 Å². The fourth-order valence-corrected chi connectivity index (χ4v) is 7.25. The lowest BCUT2D eigenvalue weighted by Crippen LogP contribution is -2.57. The van der Waals surface area contributed by atoms with Crippen molar-refractivity contribution in [2.75, 3.05) is 13.1 Å². The molecular weight excluding hydrogens is 614 g/mol. The van der Waals surface area contributed by atoms with Gasteiger partial charge >= 0.3 is 6.09 Å². The number of alkyl carbamates (subject to hydrolysis) is 1. The van der Waals surface area contributed by atoms with E-state index in [1.54, 1.807) is 36.5 Å². The molecule has 0 aliphatic carbocycles. The standard InChI is InChI=1S/C36H41N5O5S/c1-26(2)21-33(46-35(43)38-22-28-9-5-4-6-10-28)34(42)39-36(25-37)17-19-40(20-18-36)23-29-24-41(32-12-8-7-11-31(29)32)47(44,45)30-15-13-27(3)14-16-30/h4-16,24,26,33H,17-23H2,1-3H3,(H,38,43)(H,39,42). The number of carbonyl (C=O) groups excluding carboxylic acids is 2. The lowest BCUT2D eigenvalue weighted by atomic mass is 9.88. The molecule has 1 saturated heterocycles. The van der Waals surface area contributed by atoms with Crippen LogP contribution in [0.15, 0.2) is 90.0 Å². The number of para-hydroxylation sites is 1. The largest absolute Gasteiger partial charge is 0.436 e. The van der Waals surface area contributed by atoms with Crippen LogP contribution < -0.4 is 10.6 Å². The lowest BCUT2D eigenvalue weighted by Gasteiger charge is -2.38. The van der Waals surface area contributed by atoms with Crippen LogP contribution in [0.1, 0.15) is 49.8 Å². The van der Waals surface area contributed by atoms with Crippen LogP contribution >= 0.6 is 0 Å². The predicted molar refractivity (Wildman–Crippen MR) is 180 cm³/mol. The summed E-state index contributed by atoms with van der Waals surface area (Å²) in [7, 11) is -3.81. The Morgan fingerprint density at radius 2 is 1.64 bits per heavy atom. The van der Waals surface area contributed by atoms with E-state index in [1.807, 2.05) is 69.3 Å². The maximum Gasteiger partial charge on any atom is 0.408 e. The normalized spacial score (nSPS) is 15.6. The fraction of sp³-hybridized carbons (Fsp3) is 0.361. The first-order valence-corrected chi connectivity index (χ1v) is 17.3. The third kappa shape index (κ3) is 8.02. The number of amides is 2. The smallest absolute Gasteiger partial charge is 0.408 e. The Kier molecular flexibility index (Phi) is 10.3. The molecule has 1 aliphatic heterocycles. The third-order valence-corrected chi connectivity index (χ3v) is 10.2. The molecule has 2 heterocycles. The predicted octanol–water partition coefficient (Wildman–Crippen LogP) is 5.50. The highest BCUT2D eigenvalue weighted by Crippen LogP contribution is 2.29. The number of aromatic nitrogens is 1.